The molecule has 0 aliphatic carbocycles. The number of thiazole rings is 1. The molecule has 0 aliphatic heterocycles. The lowest BCUT2D eigenvalue weighted by molar-refractivity contribution is 0.512. The molecule has 1 aromatic heterocycles. The summed E-state index contributed by atoms with van der Waals surface area (Å²) in [7, 11) is 1.80. The molecule has 0 saturated carbocycles. The van der Waals surface area contributed by atoms with Gasteiger partial charge in [-0.3, -0.25) is 4.99 Å². The summed E-state index contributed by atoms with van der Waals surface area (Å²) in [6.45, 7) is 10.1. The molecule has 2 rings (SSSR count). The van der Waals surface area contributed by atoms with E-state index >= 15 is 0 Å². The van der Waals surface area contributed by atoms with Gasteiger partial charge in [0.2, 0.25) is 0 Å². The fourth-order valence-corrected chi connectivity index (χ4v) is 3.41. The molecule has 0 amide bonds. The lowest BCUT2D eigenvalue weighted by Gasteiger charge is -2.25. The quantitative estimate of drug-likeness (QED) is 0.522. The van der Waals surface area contributed by atoms with Crippen molar-refractivity contribution in [2.24, 2.45) is 10.9 Å². The Balaban J connectivity index is 1.88. The summed E-state index contributed by atoms with van der Waals surface area (Å²) < 4.78 is 0. The first-order valence-corrected chi connectivity index (χ1v) is 9.50. The van der Waals surface area contributed by atoms with Gasteiger partial charge in [-0.05, 0) is 31.9 Å². The average molecular weight is 360 g/mol. The Morgan fingerprint density at radius 1 is 1.16 bits per heavy atom. The average Bonchev–Trinajstić information content (AvgIpc) is 2.92. The number of nitrogens with one attached hydrogen (secondary N) is 3. The zero-order valence-corrected chi connectivity index (χ0v) is 16.6. The first-order chi connectivity index (χ1) is 12.0. The zero-order chi connectivity index (χ0) is 18.2. The van der Waals surface area contributed by atoms with Crippen LogP contribution in [0.25, 0.3) is 0 Å². The van der Waals surface area contributed by atoms with Crippen molar-refractivity contribution in [2.75, 3.05) is 18.9 Å². The zero-order valence-electron chi connectivity index (χ0n) is 15.8. The molecule has 0 fully saturated rings. The van der Waals surface area contributed by atoms with Gasteiger partial charge in [0.05, 0.1) is 17.2 Å². The van der Waals surface area contributed by atoms with Crippen LogP contribution in [-0.2, 0) is 6.54 Å². The molecule has 0 aliphatic rings. The van der Waals surface area contributed by atoms with E-state index in [0.29, 0.717) is 12.0 Å². The molecule has 0 radical (unpaired) electrons. The van der Waals surface area contributed by atoms with E-state index < -0.39 is 0 Å². The number of hydrogen-bond donors (Lipinski definition) is 3. The Morgan fingerprint density at radius 2 is 1.88 bits per heavy atom. The molecular weight excluding hydrogens is 330 g/mol. The number of guanidine groups is 1. The van der Waals surface area contributed by atoms with Gasteiger partial charge in [0.15, 0.2) is 5.96 Å². The highest BCUT2D eigenvalue weighted by molar-refractivity contribution is 7.11. The van der Waals surface area contributed by atoms with Crippen LogP contribution in [-0.4, -0.2) is 30.6 Å². The Bertz CT molecular complexity index is 678. The summed E-state index contributed by atoms with van der Waals surface area (Å²) in [4.78, 5) is 10.0. The second-order valence-electron chi connectivity index (χ2n) is 6.41. The van der Waals surface area contributed by atoms with Crippen LogP contribution < -0.4 is 16.0 Å². The van der Waals surface area contributed by atoms with E-state index in [9.17, 15) is 0 Å². The predicted molar refractivity (Wildman–Crippen MR) is 108 cm³/mol. The van der Waals surface area contributed by atoms with Crippen LogP contribution in [0.2, 0.25) is 0 Å². The number of rotatable bonds is 7. The van der Waals surface area contributed by atoms with Crippen LogP contribution in [0, 0.1) is 19.8 Å². The molecular formula is C19H29N5S. The molecule has 1 unspecified atom stereocenters. The maximum absolute atomic E-state index is 4.47. The molecule has 0 spiro atoms. The van der Waals surface area contributed by atoms with E-state index in [1.54, 1.807) is 18.4 Å². The minimum atomic E-state index is 0.313. The lowest BCUT2D eigenvalue weighted by atomic mass is 10.0. The SMILES string of the molecule is CN=C(NCc1sc(C)nc1C)NCC(Nc1ccccc1)C(C)C. The van der Waals surface area contributed by atoms with E-state index in [1.807, 2.05) is 25.1 Å². The van der Waals surface area contributed by atoms with E-state index in [1.165, 1.54) is 4.88 Å². The van der Waals surface area contributed by atoms with Crippen LogP contribution in [0.1, 0.15) is 29.4 Å². The van der Waals surface area contributed by atoms with Crippen molar-refractivity contribution < 1.29 is 0 Å². The lowest BCUT2D eigenvalue weighted by Crippen LogP contribution is -2.44. The highest BCUT2D eigenvalue weighted by Gasteiger charge is 2.14. The first kappa shape index (κ1) is 19.2. The minimum absolute atomic E-state index is 0.313. The topological polar surface area (TPSA) is 61.3 Å². The third-order valence-electron chi connectivity index (χ3n) is 4.06. The first-order valence-electron chi connectivity index (χ1n) is 8.68. The molecule has 1 atom stereocenters. The molecule has 0 saturated heterocycles. The summed E-state index contributed by atoms with van der Waals surface area (Å²) in [5.41, 5.74) is 2.23. The summed E-state index contributed by atoms with van der Waals surface area (Å²) in [6, 6.07) is 10.6. The van der Waals surface area contributed by atoms with Crippen molar-refractivity contribution in [3.8, 4) is 0 Å². The van der Waals surface area contributed by atoms with Crippen LogP contribution in [0.3, 0.4) is 0 Å². The molecule has 136 valence electrons. The molecule has 25 heavy (non-hydrogen) atoms. The second kappa shape index (κ2) is 9.42. The van der Waals surface area contributed by atoms with Gasteiger partial charge >= 0.3 is 0 Å². The number of aromatic nitrogens is 1. The fourth-order valence-electron chi connectivity index (χ4n) is 2.53. The van der Waals surface area contributed by atoms with Crippen molar-refractivity contribution >= 4 is 23.0 Å². The Hall–Kier alpha value is -2.08. The van der Waals surface area contributed by atoms with Gasteiger partial charge in [-0.25, -0.2) is 4.98 Å². The fraction of sp³-hybridized carbons (Fsp3) is 0.474. The number of nitrogens with zero attached hydrogens (tertiary/aromatic N) is 2. The smallest absolute Gasteiger partial charge is 0.191 e. The standard InChI is InChI=1S/C19H29N5S/c1-13(2)17(24-16-9-7-6-8-10-16)11-21-19(20-5)22-12-18-14(3)23-15(4)25-18/h6-10,13,17,24H,11-12H2,1-5H3,(H2,20,21,22). The molecule has 2 aromatic rings. The summed E-state index contributed by atoms with van der Waals surface area (Å²) in [5, 5.41) is 11.5. The van der Waals surface area contributed by atoms with E-state index in [2.05, 4.69) is 58.8 Å². The van der Waals surface area contributed by atoms with Gasteiger partial charge in [0.25, 0.3) is 0 Å². The highest BCUT2D eigenvalue weighted by Crippen LogP contribution is 2.16. The van der Waals surface area contributed by atoms with Crippen molar-refractivity contribution in [1.82, 2.24) is 15.6 Å². The van der Waals surface area contributed by atoms with Gasteiger partial charge in [-0.2, -0.15) is 0 Å². The molecule has 5 nitrogen and oxygen atoms in total. The second-order valence-corrected chi connectivity index (χ2v) is 7.70. The minimum Gasteiger partial charge on any atom is -0.380 e. The number of para-hydroxylation sites is 1. The number of aryl methyl sites for hydroxylation is 2. The van der Waals surface area contributed by atoms with Crippen LogP contribution in [0.4, 0.5) is 5.69 Å². The highest BCUT2D eigenvalue weighted by atomic mass is 32.1. The van der Waals surface area contributed by atoms with Gasteiger partial charge in [0.1, 0.15) is 0 Å². The van der Waals surface area contributed by atoms with Gasteiger partial charge in [-0.15, -0.1) is 11.3 Å². The normalized spacial score (nSPS) is 13.0. The maximum atomic E-state index is 4.47. The molecule has 3 N–H and O–H groups in total. The number of aliphatic imine (C=N–C) groups is 1. The molecule has 1 aromatic carbocycles. The van der Waals surface area contributed by atoms with E-state index in [4.69, 9.17) is 0 Å². The van der Waals surface area contributed by atoms with Crippen molar-refractivity contribution in [3.63, 3.8) is 0 Å². The van der Waals surface area contributed by atoms with E-state index in [0.717, 1.165) is 35.4 Å². The monoisotopic (exact) mass is 359 g/mol. The molecule has 6 heteroatoms. The van der Waals surface area contributed by atoms with Crippen LogP contribution in [0.15, 0.2) is 35.3 Å². The van der Waals surface area contributed by atoms with Crippen molar-refractivity contribution in [2.45, 2.75) is 40.3 Å². The van der Waals surface area contributed by atoms with Crippen molar-refractivity contribution in [1.29, 1.82) is 0 Å². The summed E-state index contributed by atoms with van der Waals surface area (Å²) in [6.07, 6.45) is 0. The van der Waals surface area contributed by atoms with Gasteiger partial charge in [0, 0.05) is 30.2 Å². The molecule has 1 heterocycles. The third kappa shape index (κ3) is 6.05. The number of benzene rings is 1. The Labute approximate surface area is 155 Å². The number of hydrogen-bond acceptors (Lipinski definition) is 4. The van der Waals surface area contributed by atoms with E-state index in [-0.39, 0.29) is 0 Å². The number of anilines is 1. The predicted octanol–water partition coefficient (Wildman–Crippen LogP) is 3.56. The maximum Gasteiger partial charge on any atom is 0.191 e. The molecule has 0 bridgehead atoms. The van der Waals surface area contributed by atoms with Crippen LogP contribution >= 0.6 is 11.3 Å². The summed E-state index contributed by atoms with van der Waals surface area (Å²) >= 11 is 1.73. The summed E-state index contributed by atoms with van der Waals surface area (Å²) in [5.74, 6) is 1.31. The van der Waals surface area contributed by atoms with Gasteiger partial charge < -0.3 is 16.0 Å². The third-order valence-corrected chi connectivity index (χ3v) is 5.13. The van der Waals surface area contributed by atoms with Crippen molar-refractivity contribution in [3.05, 3.63) is 45.9 Å². The Kier molecular flexibility index (Phi) is 7.25. The van der Waals surface area contributed by atoms with Gasteiger partial charge in [-0.1, -0.05) is 32.0 Å². The van der Waals surface area contributed by atoms with Crippen LogP contribution in [0.5, 0.6) is 0 Å². The largest absolute Gasteiger partial charge is 0.380 e. The Morgan fingerprint density at radius 3 is 2.44 bits per heavy atom.